The number of sulfonamides is 1. The summed E-state index contributed by atoms with van der Waals surface area (Å²) in [5.74, 6) is 0.371. The Hall–Kier alpha value is -1.71. The summed E-state index contributed by atoms with van der Waals surface area (Å²) in [6, 6.07) is 3.83. The molecule has 0 atom stereocenters. The van der Waals surface area contributed by atoms with Gasteiger partial charge in [0, 0.05) is 19.0 Å². The van der Waals surface area contributed by atoms with E-state index < -0.39 is 10.0 Å². The van der Waals surface area contributed by atoms with Gasteiger partial charge in [0.2, 0.25) is 15.9 Å². The Bertz CT molecular complexity index is 899. The van der Waals surface area contributed by atoms with E-state index in [2.05, 4.69) is 10.3 Å². The van der Waals surface area contributed by atoms with E-state index in [0.717, 1.165) is 15.8 Å². The van der Waals surface area contributed by atoms with Gasteiger partial charge >= 0.3 is 0 Å². The molecule has 2 aromatic rings. The molecule has 9 heteroatoms. The number of aromatic nitrogens is 1. The number of hydrogen-bond donors (Lipinski definition) is 1. The smallest absolute Gasteiger partial charge is 0.229 e. The molecule has 0 spiro atoms. The van der Waals surface area contributed by atoms with Crippen LogP contribution in [0, 0.1) is 12.8 Å². The van der Waals surface area contributed by atoms with E-state index in [4.69, 9.17) is 4.74 Å². The molecule has 25 heavy (non-hydrogen) atoms. The first-order valence-corrected chi connectivity index (χ1v) is 10.7. The molecule has 1 amide bonds. The third-order valence-electron chi connectivity index (χ3n) is 4.45. The van der Waals surface area contributed by atoms with Crippen LogP contribution in [0.1, 0.15) is 18.4 Å². The number of aryl methyl sites for hydroxylation is 1. The molecule has 136 valence electrons. The predicted octanol–water partition coefficient (Wildman–Crippen LogP) is 2.22. The lowest BCUT2D eigenvalue weighted by Crippen LogP contribution is -2.40. The van der Waals surface area contributed by atoms with E-state index in [0.29, 0.717) is 36.8 Å². The molecule has 0 saturated carbocycles. The van der Waals surface area contributed by atoms with Gasteiger partial charge in [-0.3, -0.25) is 4.79 Å². The molecule has 0 unspecified atom stereocenters. The minimum Gasteiger partial charge on any atom is -0.494 e. The van der Waals surface area contributed by atoms with E-state index in [1.54, 1.807) is 7.11 Å². The third-order valence-corrected chi connectivity index (χ3v) is 6.86. The topological polar surface area (TPSA) is 88.6 Å². The molecule has 0 radical (unpaired) electrons. The number of benzene rings is 1. The molecule has 1 aromatic heterocycles. The largest absolute Gasteiger partial charge is 0.494 e. The van der Waals surface area contributed by atoms with E-state index in [1.165, 1.54) is 21.9 Å². The number of anilines is 1. The average molecular weight is 383 g/mol. The van der Waals surface area contributed by atoms with E-state index in [9.17, 15) is 13.2 Å². The van der Waals surface area contributed by atoms with Crippen molar-refractivity contribution in [2.75, 3.05) is 31.8 Å². The van der Waals surface area contributed by atoms with Crippen molar-refractivity contribution in [2.45, 2.75) is 19.8 Å². The second-order valence-electron chi connectivity index (χ2n) is 6.21. The van der Waals surface area contributed by atoms with Crippen molar-refractivity contribution in [1.29, 1.82) is 0 Å². The first-order chi connectivity index (χ1) is 11.8. The van der Waals surface area contributed by atoms with Gasteiger partial charge in [0.1, 0.15) is 11.3 Å². The fourth-order valence-corrected chi connectivity index (χ4v) is 4.81. The van der Waals surface area contributed by atoms with Crippen LogP contribution in [0.15, 0.2) is 12.1 Å². The zero-order chi connectivity index (χ0) is 18.2. The second kappa shape index (κ2) is 6.89. The van der Waals surface area contributed by atoms with Crippen LogP contribution in [0.25, 0.3) is 10.2 Å². The summed E-state index contributed by atoms with van der Waals surface area (Å²) in [6.07, 6.45) is 2.24. The first-order valence-electron chi connectivity index (χ1n) is 7.99. The molecular weight excluding hydrogens is 362 g/mol. The number of carbonyl (C=O) groups is 1. The van der Waals surface area contributed by atoms with Crippen LogP contribution in [-0.4, -0.2) is 50.1 Å². The van der Waals surface area contributed by atoms with Gasteiger partial charge in [0.25, 0.3) is 0 Å². The van der Waals surface area contributed by atoms with Crippen molar-refractivity contribution in [3.8, 4) is 5.75 Å². The summed E-state index contributed by atoms with van der Waals surface area (Å²) in [4.78, 5) is 17.0. The lowest BCUT2D eigenvalue weighted by atomic mass is 9.97. The number of carbonyl (C=O) groups excluding carboxylic acids is 1. The van der Waals surface area contributed by atoms with Crippen LogP contribution < -0.4 is 10.1 Å². The van der Waals surface area contributed by atoms with Gasteiger partial charge in [0.15, 0.2) is 5.13 Å². The Labute approximate surface area is 151 Å². The van der Waals surface area contributed by atoms with Crippen molar-refractivity contribution in [3.63, 3.8) is 0 Å². The fourth-order valence-electron chi connectivity index (χ4n) is 2.98. The number of methoxy groups -OCH3 is 1. The summed E-state index contributed by atoms with van der Waals surface area (Å²) in [5.41, 5.74) is 1.82. The van der Waals surface area contributed by atoms with Gasteiger partial charge in [-0.1, -0.05) is 17.4 Å². The molecular formula is C16H21N3O4S2. The number of nitrogens with zero attached hydrogens (tertiary/aromatic N) is 2. The normalized spacial score (nSPS) is 16.9. The number of piperidine rings is 1. The Morgan fingerprint density at radius 1 is 1.36 bits per heavy atom. The Morgan fingerprint density at radius 2 is 2.04 bits per heavy atom. The van der Waals surface area contributed by atoms with E-state index >= 15 is 0 Å². The lowest BCUT2D eigenvalue weighted by Gasteiger charge is -2.29. The quantitative estimate of drug-likeness (QED) is 0.875. The zero-order valence-corrected chi connectivity index (χ0v) is 16.0. The molecule has 1 saturated heterocycles. The Kier molecular flexibility index (Phi) is 4.99. The molecule has 2 heterocycles. The van der Waals surface area contributed by atoms with Gasteiger partial charge in [-0.05, 0) is 31.4 Å². The third kappa shape index (κ3) is 3.78. The van der Waals surface area contributed by atoms with Crippen LogP contribution in [0.5, 0.6) is 5.75 Å². The predicted molar refractivity (Wildman–Crippen MR) is 98.7 cm³/mol. The number of nitrogens with one attached hydrogen (secondary N) is 1. The summed E-state index contributed by atoms with van der Waals surface area (Å²) >= 11 is 1.42. The average Bonchev–Trinajstić information content (AvgIpc) is 2.99. The van der Waals surface area contributed by atoms with E-state index in [1.807, 2.05) is 19.1 Å². The number of ether oxygens (including phenoxy) is 1. The molecule has 1 aliphatic rings. The standard InChI is InChI=1S/C16H21N3O4S2/c1-10-4-5-12(23-2)13-14(10)24-16(17-13)18-15(20)11-6-8-19(9-7-11)25(3,21)22/h4-5,11H,6-9H2,1-3H3,(H,17,18,20). The maximum Gasteiger partial charge on any atom is 0.229 e. The second-order valence-corrected chi connectivity index (χ2v) is 9.19. The van der Waals surface area contributed by atoms with Crippen LogP contribution in [0.3, 0.4) is 0 Å². The molecule has 7 nitrogen and oxygen atoms in total. The minimum atomic E-state index is -3.19. The molecule has 1 aromatic carbocycles. The first kappa shape index (κ1) is 18.1. The minimum absolute atomic E-state index is 0.108. The Morgan fingerprint density at radius 3 is 2.64 bits per heavy atom. The van der Waals surface area contributed by atoms with Crippen molar-refractivity contribution in [2.24, 2.45) is 5.92 Å². The fraction of sp³-hybridized carbons (Fsp3) is 0.500. The molecule has 1 aliphatic heterocycles. The lowest BCUT2D eigenvalue weighted by molar-refractivity contribution is -0.120. The monoisotopic (exact) mass is 383 g/mol. The van der Waals surface area contributed by atoms with Crippen molar-refractivity contribution >= 4 is 42.6 Å². The number of fused-ring (bicyclic) bond motifs is 1. The number of amides is 1. The van der Waals surface area contributed by atoms with Gasteiger partial charge < -0.3 is 10.1 Å². The number of thiazole rings is 1. The number of hydrogen-bond acceptors (Lipinski definition) is 6. The van der Waals surface area contributed by atoms with Crippen LogP contribution in [-0.2, 0) is 14.8 Å². The SMILES string of the molecule is COc1ccc(C)c2sc(NC(=O)C3CCN(S(C)(=O)=O)CC3)nc12. The zero-order valence-electron chi connectivity index (χ0n) is 14.4. The van der Waals surface area contributed by atoms with Crippen LogP contribution in [0.4, 0.5) is 5.13 Å². The van der Waals surface area contributed by atoms with Crippen molar-refractivity contribution in [3.05, 3.63) is 17.7 Å². The maximum atomic E-state index is 12.5. The summed E-state index contributed by atoms with van der Waals surface area (Å²) < 4.78 is 30.8. The highest BCUT2D eigenvalue weighted by Gasteiger charge is 2.29. The summed E-state index contributed by atoms with van der Waals surface area (Å²) in [7, 11) is -1.59. The number of rotatable bonds is 4. The van der Waals surface area contributed by atoms with Gasteiger partial charge in [-0.15, -0.1) is 0 Å². The maximum absolute atomic E-state index is 12.5. The molecule has 0 bridgehead atoms. The van der Waals surface area contributed by atoms with Crippen LogP contribution in [0.2, 0.25) is 0 Å². The molecule has 3 rings (SSSR count). The van der Waals surface area contributed by atoms with Crippen molar-refractivity contribution in [1.82, 2.24) is 9.29 Å². The molecule has 1 N–H and O–H groups in total. The molecule has 0 aliphatic carbocycles. The van der Waals surface area contributed by atoms with Crippen LogP contribution >= 0.6 is 11.3 Å². The molecule has 1 fully saturated rings. The highest BCUT2D eigenvalue weighted by atomic mass is 32.2. The van der Waals surface area contributed by atoms with Gasteiger partial charge in [-0.2, -0.15) is 0 Å². The summed E-state index contributed by atoms with van der Waals surface area (Å²) in [5, 5.41) is 3.42. The van der Waals surface area contributed by atoms with E-state index in [-0.39, 0.29) is 11.8 Å². The van der Waals surface area contributed by atoms with Gasteiger partial charge in [0.05, 0.1) is 18.1 Å². The Balaban J connectivity index is 1.72. The highest BCUT2D eigenvalue weighted by molar-refractivity contribution is 7.88. The van der Waals surface area contributed by atoms with Gasteiger partial charge in [-0.25, -0.2) is 17.7 Å². The summed E-state index contributed by atoms with van der Waals surface area (Å²) in [6.45, 7) is 2.75. The van der Waals surface area contributed by atoms with Crippen molar-refractivity contribution < 1.29 is 17.9 Å². The highest BCUT2D eigenvalue weighted by Crippen LogP contribution is 2.35.